The molecule has 108 valence electrons. The predicted octanol–water partition coefficient (Wildman–Crippen LogP) is -1.50. The van der Waals surface area contributed by atoms with Gasteiger partial charge in [0.25, 0.3) is 0 Å². The molecule has 4 atom stereocenters. The Morgan fingerprint density at radius 1 is 1.32 bits per heavy atom. The highest BCUT2D eigenvalue weighted by Gasteiger charge is 2.63. The average molecular weight is 274 g/mol. The topological polar surface area (TPSA) is 139 Å². The number of hydrogen-bond donors (Lipinski definition) is 4. The van der Waals surface area contributed by atoms with Crippen molar-refractivity contribution >= 4 is 17.8 Å². The molecular formula is C11H18N2O6. The molecule has 8 nitrogen and oxygen atoms in total. The maximum atomic E-state index is 11.8. The number of methoxy groups -OCH3 is 1. The maximum Gasteiger partial charge on any atom is 0.320 e. The summed E-state index contributed by atoms with van der Waals surface area (Å²) in [6.07, 6.45) is 0.600. The SMILES string of the molecule is COCCCNC(=O)[C@H]1[C@H](C(=O)O)[C@H]1C(N)C(=O)O. The maximum absolute atomic E-state index is 11.8. The quantitative estimate of drug-likeness (QED) is 0.395. The van der Waals surface area contributed by atoms with Gasteiger partial charge in [-0.25, -0.2) is 0 Å². The van der Waals surface area contributed by atoms with Crippen molar-refractivity contribution in [2.45, 2.75) is 12.5 Å². The zero-order valence-corrected chi connectivity index (χ0v) is 10.5. The monoisotopic (exact) mass is 274 g/mol. The molecule has 1 amide bonds. The second-order valence-electron chi connectivity index (χ2n) is 4.47. The van der Waals surface area contributed by atoms with Gasteiger partial charge in [0.05, 0.1) is 11.8 Å². The van der Waals surface area contributed by atoms with Gasteiger partial charge in [-0.2, -0.15) is 0 Å². The number of rotatable bonds is 8. The standard InChI is InChI=1S/C11H18N2O6/c1-19-4-2-3-13-9(14)6-5(7(6)10(15)16)8(12)11(17)18/h5-8H,2-4,12H2,1H3,(H,13,14)(H,15,16)(H,17,18)/t5-,6+,7+,8?/m0/s1. The molecule has 0 aliphatic heterocycles. The summed E-state index contributed by atoms with van der Waals surface area (Å²) < 4.78 is 4.81. The Labute approximate surface area is 109 Å². The summed E-state index contributed by atoms with van der Waals surface area (Å²) in [5, 5.41) is 20.3. The van der Waals surface area contributed by atoms with E-state index in [1.54, 1.807) is 0 Å². The largest absolute Gasteiger partial charge is 0.481 e. The Morgan fingerprint density at radius 2 is 1.95 bits per heavy atom. The van der Waals surface area contributed by atoms with E-state index in [9.17, 15) is 14.4 Å². The van der Waals surface area contributed by atoms with Crippen molar-refractivity contribution in [3.8, 4) is 0 Å². The number of amides is 1. The van der Waals surface area contributed by atoms with Crippen LogP contribution in [0, 0.1) is 17.8 Å². The highest BCUT2D eigenvalue weighted by atomic mass is 16.5. The van der Waals surface area contributed by atoms with Crippen molar-refractivity contribution in [1.82, 2.24) is 5.32 Å². The Hall–Kier alpha value is -1.67. The summed E-state index contributed by atoms with van der Waals surface area (Å²) in [4.78, 5) is 33.4. The molecular weight excluding hydrogens is 256 g/mol. The highest BCUT2D eigenvalue weighted by molar-refractivity contribution is 5.92. The van der Waals surface area contributed by atoms with Gasteiger partial charge in [-0.05, 0) is 6.42 Å². The minimum atomic E-state index is -1.34. The lowest BCUT2D eigenvalue weighted by atomic mass is 10.1. The molecule has 1 rings (SSSR count). The lowest BCUT2D eigenvalue weighted by Gasteiger charge is -2.06. The lowest BCUT2D eigenvalue weighted by Crippen LogP contribution is -2.35. The number of nitrogens with one attached hydrogen (secondary N) is 1. The fourth-order valence-corrected chi connectivity index (χ4v) is 2.15. The van der Waals surface area contributed by atoms with Crippen molar-refractivity contribution in [3.05, 3.63) is 0 Å². The first kappa shape index (κ1) is 15.4. The molecule has 1 aliphatic carbocycles. The van der Waals surface area contributed by atoms with E-state index < -0.39 is 41.6 Å². The zero-order chi connectivity index (χ0) is 14.6. The second kappa shape index (κ2) is 6.48. The second-order valence-corrected chi connectivity index (χ2v) is 4.47. The first-order valence-corrected chi connectivity index (χ1v) is 5.89. The van der Waals surface area contributed by atoms with Crippen molar-refractivity contribution in [1.29, 1.82) is 0 Å². The van der Waals surface area contributed by atoms with Gasteiger partial charge in [-0.3, -0.25) is 14.4 Å². The highest BCUT2D eigenvalue weighted by Crippen LogP contribution is 2.48. The summed E-state index contributed by atoms with van der Waals surface area (Å²) in [5.41, 5.74) is 5.39. The average Bonchev–Trinajstić information content (AvgIpc) is 3.08. The van der Waals surface area contributed by atoms with Gasteiger partial charge in [0.1, 0.15) is 6.04 Å². The fourth-order valence-electron chi connectivity index (χ4n) is 2.15. The number of aliphatic carboxylic acids is 2. The van der Waals surface area contributed by atoms with E-state index in [0.29, 0.717) is 19.6 Å². The molecule has 0 aromatic rings. The van der Waals surface area contributed by atoms with E-state index in [1.165, 1.54) is 7.11 Å². The minimum absolute atomic E-state index is 0.352. The fraction of sp³-hybridized carbons (Fsp3) is 0.727. The van der Waals surface area contributed by atoms with Crippen LogP contribution in [0.15, 0.2) is 0 Å². The summed E-state index contributed by atoms with van der Waals surface area (Å²) in [5.74, 6) is -5.70. The molecule has 1 saturated carbocycles. The first-order chi connectivity index (χ1) is 8.91. The number of carbonyl (C=O) groups is 3. The van der Waals surface area contributed by atoms with Crippen LogP contribution >= 0.6 is 0 Å². The first-order valence-electron chi connectivity index (χ1n) is 5.89. The Kier molecular flexibility index (Phi) is 5.25. The summed E-state index contributed by atoms with van der Waals surface area (Å²) in [6, 6.07) is -1.34. The van der Waals surface area contributed by atoms with Crippen LogP contribution in [-0.2, 0) is 19.1 Å². The normalized spacial score (nSPS) is 26.5. The molecule has 0 bridgehead atoms. The molecule has 1 unspecified atom stereocenters. The summed E-state index contributed by atoms with van der Waals surface area (Å²) in [6.45, 7) is 0.829. The van der Waals surface area contributed by atoms with Gasteiger partial charge < -0.3 is 26.0 Å². The minimum Gasteiger partial charge on any atom is -0.481 e. The smallest absolute Gasteiger partial charge is 0.320 e. The van der Waals surface area contributed by atoms with Gasteiger partial charge in [0.2, 0.25) is 5.91 Å². The van der Waals surface area contributed by atoms with E-state index in [2.05, 4.69) is 5.32 Å². The van der Waals surface area contributed by atoms with Crippen LogP contribution in [0.5, 0.6) is 0 Å². The van der Waals surface area contributed by atoms with Gasteiger partial charge in [-0.15, -0.1) is 0 Å². The lowest BCUT2D eigenvalue weighted by molar-refractivity contribution is -0.141. The van der Waals surface area contributed by atoms with Crippen LogP contribution in [0.1, 0.15) is 6.42 Å². The van der Waals surface area contributed by atoms with Gasteiger partial charge in [0, 0.05) is 26.2 Å². The Balaban J connectivity index is 2.53. The van der Waals surface area contributed by atoms with Crippen LogP contribution < -0.4 is 11.1 Å². The van der Waals surface area contributed by atoms with Crippen LogP contribution in [0.4, 0.5) is 0 Å². The summed E-state index contributed by atoms with van der Waals surface area (Å²) >= 11 is 0. The van der Waals surface area contributed by atoms with Gasteiger partial charge in [-0.1, -0.05) is 0 Å². The molecule has 1 aliphatic rings. The molecule has 19 heavy (non-hydrogen) atoms. The number of carbonyl (C=O) groups excluding carboxylic acids is 1. The molecule has 0 heterocycles. The third-order valence-electron chi connectivity index (χ3n) is 3.19. The molecule has 0 aromatic carbocycles. The molecule has 0 saturated heterocycles. The number of hydrogen-bond acceptors (Lipinski definition) is 5. The Bertz CT molecular complexity index is 372. The van der Waals surface area contributed by atoms with Gasteiger partial charge >= 0.3 is 11.9 Å². The van der Waals surface area contributed by atoms with Crippen LogP contribution in [0.25, 0.3) is 0 Å². The van der Waals surface area contributed by atoms with E-state index in [4.69, 9.17) is 20.7 Å². The molecule has 5 N–H and O–H groups in total. The molecule has 8 heteroatoms. The number of carboxylic acids is 2. The van der Waals surface area contributed by atoms with E-state index in [-0.39, 0.29) is 0 Å². The predicted molar refractivity (Wildman–Crippen MR) is 63.2 cm³/mol. The van der Waals surface area contributed by atoms with E-state index in [0.717, 1.165) is 0 Å². The van der Waals surface area contributed by atoms with Gasteiger partial charge in [0.15, 0.2) is 0 Å². The van der Waals surface area contributed by atoms with Crippen LogP contribution in [-0.4, -0.2) is 54.4 Å². The van der Waals surface area contributed by atoms with Crippen LogP contribution in [0.3, 0.4) is 0 Å². The number of nitrogens with two attached hydrogens (primary N) is 1. The zero-order valence-electron chi connectivity index (χ0n) is 10.5. The third kappa shape index (κ3) is 3.65. The van der Waals surface area contributed by atoms with Crippen LogP contribution in [0.2, 0.25) is 0 Å². The molecule has 1 fully saturated rings. The van der Waals surface area contributed by atoms with E-state index >= 15 is 0 Å². The number of ether oxygens (including phenoxy) is 1. The summed E-state index contributed by atoms with van der Waals surface area (Å²) in [7, 11) is 1.53. The van der Waals surface area contributed by atoms with Crippen molar-refractivity contribution in [2.75, 3.05) is 20.3 Å². The van der Waals surface area contributed by atoms with Crippen molar-refractivity contribution in [3.63, 3.8) is 0 Å². The van der Waals surface area contributed by atoms with Crippen molar-refractivity contribution < 1.29 is 29.3 Å². The third-order valence-corrected chi connectivity index (χ3v) is 3.19. The van der Waals surface area contributed by atoms with Crippen molar-refractivity contribution in [2.24, 2.45) is 23.5 Å². The van der Waals surface area contributed by atoms with E-state index in [1.807, 2.05) is 0 Å². The molecule has 0 aromatic heterocycles. The molecule has 0 radical (unpaired) electrons. The molecule has 0 spiro atoms. The Morgan fingerprint density at radius 3 is 2.42 bits per heavy atom. The number of carboxylic acid groups (broad SMARTS) is 2.